The Balaban J connectivity index is 1.29. The van der Waals surface area contributed by atoms with E-state index in [1.807, 2.05) is 35.2 Å². The van der Waals surface area contributed by atoms with Crippen molar-refractivity contribution in [2.75, 3.05) is 59.4 Å². The summed E-state index contributed by atoms with van der Waals surface area (Å²) in [5.74, 6) is 0.144. The van der Waals surface area contributed by atoms with Crippen LogP contribution in [0.4, 0.5) is 0 Å². The number of benzene rings is 1. The summed E-state index contributed by atoms with van der Waals surface area (Å²) in [6, 6.07) is 10.3. The molecule has 0 aliphatic carbocycles. The third-order valence-corrected chi connectivity index (χ3v) is 6.58. The van der Waals surface area contributed by atoms with E-state index in [1.54, 1.807) is 0 Å². The van der Waals surface area contributed by atoms with Gasteiger partial charge in [-0.2, -0.15) is 0 Å². The van der Waals surface area contributed by atoms with Gasteiger partial charge in [-0.15, -0.1) is 0 Å². The molecule has 3 aliphatic heterocycles. The Morgan fingerprint density at radius 2 is 1.59 bits per heavy atom. The Kier molecular flexibility index (Phi) is 5.78. The van der Waals surface area contributed by atoms with E-state index in [0.717, 1.165) is 70.8 Å². The highest BCUT2D eigenvalue weighted by Crippen LogP contribution is 2.25. The van der Waals surface area contributed by atoms with Gasteiger partial charge in [0.1, 0.15) is 0 Å². The number of amides is 1. The molecule has 1 amide bonds. The number of piperidine rings is 1. The van der Waals surface area contributed by atoms with E-state index in [4.69, 9.17) is 0 Å². The normalized spacial score (nSPS) is 29.3. The van der Waals surface area contributed by atoms with Crippen LogP contribution in [0.2, 0.25) is 0 Å². The number of carbonyl (C=O) groups excluding carboxylic acids is 1. The average Bonchev–Trinajstić information content (AvgIpc) is 3.10. The fourth-order valence-electron chi connectivity index (χ4n) is 4.81. The SMILES string of the molecule is CN1CCN([C@@H]2CN(C3CCN(C(=O)c4ccccc4)CC3)C[C@H]2O)CC1. The molecule has 3 saturated heterocycles. The highest BCUT2D eigenvalue weighted by Gasteiger charge is 2.40. The van der Waals surface area contributed by atoms with Gasteiger partial charge < -0.3 is 14.9 Å². The number of hydrogen-bond donors (Lipinski definition) is 1. The topological polar surface area (TPSA) is 50.3 Å². The summed E-state index contributed by atoms with van der Waals surface area (Å²) in [4.78, 5) is 21.9. The van der Waals surface area contributed by atoms with Gasteiger partial charge in [-0.1, -0.05) is 18.2 Å². The lowest BCUT2D eigenvalue weighted by molar-refractivity contribution is 0.0512. The van der Waals surface area contributed by atoms with Crippen molar-refractivity contribution in [3.05, 3.63) is 35.9 Å². The van der Waals surface area contributed by atoms with E-state index in [2.05, 4.69) is 21.7 Å². The number of aliphatic hydroxyl groups excluding tert-OH is 1. The van der Waals surface area contributed by atoms with E-state index >= 15 is 0 Å². The molecule has 0 unspecified atom stereocenters. The van der Waals surface area contributed by atoms with Crippen LogP contribution < -0.4 is 0 Å². The van der Waals surface area contributed by atoms with Gasteiger partial charge >= 0.3 is 0 Å². The highest BCUT2D eigenvalue weighted by atomic mass is 16.3. The quantitative estimate of drug-likeness (QED) is 0.841. The molecule has 0 bridgehead atoms. The molecule has 0 radical (unpaired) electrons. The third kappa shape index (κ3) is 4.19. The Bertz CT molecular complexity index is 624. The summed E-state index contributed by atoms with van der Waals surface area (Å²) >= 11 is 0. The molecule has 0 saturated carbocycles. The number of likely N-dealkylation sites (tertiary alicyclic amines) is 2. The molecule has 4 rings (SSSR count). The number of β-amino-alcohol motifs (C(OH)–C–C–N with tert-alkyl or cyclic N) is 1. The molecular formula is C21H32N4O2. The molecule has 1 aromatic rings. The van der Waals surface area contributed by atoms with Crippen molar-refractivity contribution >= 4 is 5.91 Å². The molecule has 0 aromatic heterocycles. The molecule has 6 heteroatoms. The zero-order valence-electron chi connectivity index (χ0n) is 16.3. The highest BCUT2D eigenvalue weighted by molar-refractivity contribution is 5.94. The largest absolute Gasteiger partial charge is 0.390 e. The minimum Gasteiger partial charge on any atom is -0.390 e. The molecule has 27 heavy (non-hydrogen) atoms. The van der Waals surface area contributed by atoms with Gasteiger partial charge in [-0.3, -0.25) is 14.6 Å². The number of nitrogens with zero attached hydrogens (tertiary/aromatic N) is 4. The lowest BCUT2D eigenvalue weighted by Crippen LogP contribution is -2.53. The van der Waals surface area contributed by atoms with Crippen LogP contribution in [0.15, 0.2) is 30.3 Å². The third-order valence-electron chi connectivity index (χ3n) is 6.58. The first-order valence-electron chi connectivity index (χ1n) is 10.3. The Morgan fingerprint density at radius 3 is 2.26 bits per heavy atom. The van der Waals surface area contributed by atoms with Crippen LogP contribution >= 0.6 is 0 Å². The predicted molar refractivity (Wildman–Crippen MR) is 106 cm³/mol. The molecule has 3 heterocycles. The number of carbonyl (C=O) groups is 1. The minimum absolute atomic E-state index is 0.144. The van der Waals surface area contributed by atoms with Crippen molar-refractivity contribution in [2.24, 2.45) is 0 Å². The summed E-state index contributed by atoms with van der Waals surface area (Å²) in [5, 5.41) is 10.6. The first kappa shape index (κ1) is 18.9. The maximum absolute atomic E-state index is 12.6. The second kappa shape index (κ2) is 8.27. The fourth-order valence-corrected chi connectivity index (χ4v) is 4.81. The maximum Gasteiger partial charge on any atom is 0.253 e. The van der Waals surface area contributed by atoms with E-state index in [1.165, 1.54) is 0 Å². The molecule has 148 valence electrons. The van der Waals surface area contributed by atoms with Gasteiger partial charge in [0.2, 0.25) is 0 Å². The number of hydrogen-bond acceptors (Lipinski definition) is 5. The fraction of sp³-hybridized carbons (Fsp3) is 0.667. The molecule has 1 N–H and O–H groups in total. The number of rotatable bonds is 3. The maximum atomic E-state index is 12.6. The average molecular weight is 373 g/mol. The summed E-state index contributed by atoms with van der Waals surface area (Å²) < 4.78 is 0. The standard InChI is InChI=1S/C21H32N4O2/c1-22-11-13-23(14-12-22)19-15-25(16-20(19)26)18-7-9-24(10-8-18)21(27)17-5-3-2-4-6-17/h2-6,18-20,26H,7-16H2,1H3/t19-,20-/m1/s1. The first-order chi connectivity index (χ1) is 13.1. The van der Waals surface area contributed by atoms with Crippen LogP contribution in [0.5, 0.6) is 0 Å². The van der Waals surface area contributed by atoms with Crippen LogP contribution in [0.25, 0.3) is 0 Å². The van der Waals surface area contributed by atoms with Gasteiger partial charge in [-0.05, 0) is 32.0 Å². The van der Waals surface area contributed by atoms with Crippen LogP contribution in [0, 0.1) is 0 Å². The molecule has 6 nitrogen and oxygen atoms in total. The number of piperazine rings is 1. The van der Waals surface area contributed by atoms with Crippen LogP contribution in [-0.2, 0) is 0 Å². The second-order valence-electron chi connectivity index (χ2n) is 8.32. The smallest absolute Gasteiger partial charge is 0.253 e. The molecule has 0 spiro atoms. The van der Waals surface area contributed by atoms with E-state index in [-0.39, 0.29) is 18.1 Å². The minimum atomic E-state index is -0.252. The van der Waals surface area contributed by atoms with Crippen molar-refractivity contribution in [2.45, 2.75) is 31.0 Å². The van der Waals surface area contributed by atoms with Crippen LogP contribution in [-0.4, -0.2) is 108 Å². The van der Waals surface area contributed by atoms with E-state index in [9.17, 15) is 9.90 Å². The van der Waals surface area contributed by atoms with Crippen molar-refractivity contribution in [1.82, 2.24) is 19.6 Å². The second-order valence-corrected chi connectivity index (χ2v) is 8.32. The number of likely N-dealkylation sites (N-methyl/N-ethyl adjacent to an activating group) is 1. The van der Waals surface area contributed by atoms with Crippen molar-refractivity contribution in [3.63, 3.8) is 0 Å². The summed E-state index contributed by atoms with van der Waals surface area (Å²) in [5.41, 5.74) is 0.780. The van der Waals surface area contributed by atoms with Gasteiger partial charge in [0.25, 0.3) is 5.91 Å². The lowest BCUT2D eigenvalue weighted by atomic mass is 10.0. The zero-order valence-corrected chi connectivity index (χ0v) is 16.3. The van der Waals surface area contributed by atoms with Gasteiger partial charge in [0.05, 0.1) is 6.10 Å². The Morgan fingerprint density at radius 1 is 0.926 bits per heavy atom. The van der Waals surface area contributed by atoms with Crippen molar-refractivity contribution in [1.29, 1.82) is 0 Å². The van der Waals surface area contributed by atoms with Crippen LogP contribution in [0.1, 0.15) is 23.2 Å². The molecule has 3 aliphatic rings. The Labute approximate surface area is 162 Å². The van der Waals surface area contributed by atoms with Gasteiger partial charge in [-0.25, -0.2) is 0 Å². The Hall–Kier alpha value is -1.47. The van der Waals surface area contributed by atoms with E-state index < -0.39 is 0 Å². The van der Waals surface area contributed by atoms with Crippen LogP contribution in [0.3, 0.4) is 0 Å². The summed E-state index contributed by atoms with van der Waals surface area (Å²) in [7, 11) is 2.17. The van der Waals surface area contributed by atoms with Crippen molar-refractivity contribution in [3.8, 4) is 0 Å². The van der Waals surface area contributed by atoms with Crippen molar-refractivity contribution < 1.29 is 9.90 Å². The summed E-state index contributed by atoms with van der Waals surface area (Å²) in [6.07, 6.45) is 1.75. The van der Waals surface area contributed by atoms with Gasteiger partial charge in [0.15, 0.2) is 0 Å². The zero-order chi connectivity index (χ0) is 18.8. The monoisotopic (exact) mass is 372 g/mol. The first-order valence-corrected chi connectivity index (χ1v) is 10.3. The molecule has 2 atom stereocenters. The predicted octanol–water partition coefficient (Wildman–Crippen LogP) is 0.584. The lowest BCUT2D eigenvalue weighted by Gasteiger charge is -2.39. The number of aliphatic hydroxyl groups is 1. The molecule has 3 fully saturated rings. The summed E-state index contributed by atoms with van der Waals surface area (Å²) in [6.45, 7) is 7.63. The molecule has 1 aromatic carbocycles. The molecular weight excluding hydrogens is 340 g/mol. The van der Waals surface area contributed by atoms with Gasteiger partial charge in [0, 0.05) is 70.0 Å². The van der Waals surface area contributed by atoms with E-state index in [0.29, 0.717) is 6.04 Å².